The van der Waals surface area contributed by atoms with E-state index in [1.807, 2.05) is 35.4 Å². The third-order valence-corrected chi connectivity index (χ3v) is 8.09. The molecule has 1 saturated heterocycles. The Morgan fingerprint density at radius 1 is 1.09 bits per heavy atom. The molecule has 0 aliphatic carbocycles. The molecule has 2 heterocycles. The third kappa shape index (κ3) is 5.84. The van der Waals surface area contributed by atoms with Crippen molar-refractivity contribution in [1.82, 2.24) is 4.90 Å². The zero-order valence-electron chi connectivity index (χ0n) is 21.1. The fourth-order valence-electron chi connectivity index (χ4n) is 5.34. The number of piperidine rings is 1. The Bertz CT molecular complexity index is 1050. The van der Waals surface area contributed by atoms with Crippen molar-refractivity contribution < 1.29 is 9.53 Å². The third-order valence-electron chi connectivity index (χ3n) is 7.37. The van der Waals surface area contributed by atoms with Crippen molar-refractivity contribution in [1.29, 1.82) is 5.41 Å². The summed E-state index contributed by atoms with van der Waals surface area (Å²) < 4.78 is 6.21. The molecule has 1 fully saturated rings. The van der Waals surface area contributed by atoms with Gasteiger partial charge in [-0.3, -0.25) is 15.1 Å². The van der Waals surface area contributed by atoms with Gasteiger partial charge in [0.15, 0.2) is 0 Å². The Labute approximate surface area is 213 Å². The number of nitrogens with two attached hydrogens (primary N) is 1. The molecule has 1 amide bonds. The van der Waals surface area contributed by atoms with Crippen LogP contribution < -0.4 is 15.4 Å². The van der Waals surface area contributed by atoms with E-state index in [9.17, 15) is 4.79 Å². The number of unbranched alkanes of at least 4 members (excludes halogenated alkanes) is 2. The lowest BCUT2D eigenvalue weighted by molar-refractivity contribution is -0.126. The van der Waals surface area contributed by atoms with E-state index in [2.05, 4.69) is 24.8 Å². The van der Waals surface area contributed by atoms with E-state index in [0.717, 1.165) is 47.7 Å². The first-order valence-electron chi connectivity index (χ1n) is 12.7. The van der Waals surface area contributed by atoms with E-state index < -0.39 is 6.10 Å². The first-order valence-corrected chi connectivity index (χ1v) is 14.0. The Balaban J connectivity index is 1.47. The van der Waals surface area contributed by atoms with Crippen molar-refractivity contribution in [2.45, 2.75) is 75.5 Å². The number of fused-ring (bicyclic) bond motifs is 1. The summed E-state index contributed by atoms with van der Waals surface area (Å²) in [6, 6.07) is 14.6. The highest BCUT2D eigenvalue weighted by Crippen LogP contribution is 2.41. The molecule has 1 unspecified atom stereocenters. The van der Waals surface area contributed by atoms with Gasteiger partial charge in [0.25, 0.3) is 5.91 Å². The number of amidine groups is 1. The summed E-state index contributed by atoms with van der Waals surface area (Å²) in [6.45, 7) is 6.50. The fourth-order valence-corrected chi connectivity index (χ4v) is 5.77. The minimum Gasteiger partial charge on any atom is -0.474 e. The van der Waals surface area contributed by atoms with Crippen LogP contribution in [0.1, 0.15) is 69.6 Å². The van der Waals surface area contributed by atoms with Crippen molar-refractivity contribution >= 4 is 29.2 Å². The first-order chi connectivity index (χ1) is 16.9. The molecule has 0 radical (unpaired) electrons. The monoisotopic (exact) mass is 494 g/mol. The number of nitrogens with one attached hydrogen (secondary N) is 1. The standard InChI is InChI=1S/C28H38N4O2S/c1-19-9-7-10-20(2)31(19)15-5-4-6-16-32-24-18-23(35-3)13-14-25(24)34-26(28(32)33)21-11-8-12-22(17-21)27(29)30/h8,11-14,17-20,26H,4-7,9-10,15-16H2,1-3H3,(H3,29,30)/t19-,20+,26?. The molecule has 2 aliphatic rings. The van der Waals surface area contributed by atoms with E-state index in [4.69, 9.17) is 15.9 Å². The molecule has 2 aromatic carbocycles. The molecule has 7 heteroatoms. The van der Waals surface area contributed by atoms with Gasteiger partial charge in [0.05, 0.1) is 5.69 Å². The topological polar surface area (TPSA) is 82.7 Å². The van der Waals surface area contributed by atoms with Gasteiger partial charge in [-0.2, -0.15) is 0 Å². The van der Waals surface area contributed by atoms with Gasteiger partial charge in [-0.1, -0.05) is 31.0 Å². The van der Waals surface area contributed by atoms with Crippen LogP contribution in [-0.4, -0.2) is 48.1 Å². The number of benzene rings is 2. The lowest BCUT2D eigenvalue weighted by atomic mass is 9.97. The first kappa shape index (κ1) is 25.6. The van der Waals surface area contributed by atoms with Crippen LogP contribution >= 0.6 is 11.8 Å². The Morgan fingerprint density at radius 2 is 1.83 bits per heavy atom. The molecule has 0 bridgehead atoms. The molecule has 0 spiro atoms. The largest absolute Gasteiger partial charge is 0.474 e. The minimum atomic E-state index is -0.739. The number of nitrogens with zero attached hydrogens (tertiary/aromatic N) is 2. The maximum Gasteiger partial charge on any atom is 0.272 e. The molecule has 2 aliphatic heterocycles. The van der Waals surface area contributed by atoms with Gasteiger partial charge in [0.1, 0.15) is 11.6 Å². The van der Waals surface area contributed by atoms with E-state index in [-0.39, 0.29) is 11.7 Å². The predicted molar refractivity (Wildman–Crippen MR) is 145 cm³/mol. The van der Waals surface area contributed by atoms with E-state index >= 15 is 0 Å². The molecular formula is C28H38N4O2S. The molecule has 0 aromatic heterocycles. The predicted octanol–water partition coefficient (Wildman–Crippen LogP) is 5.59. The molecule has 188 valence electrons. The quantitative estimate of drug-likeness (QED) is 0.205. The summed E-state index contributed by atoms with van der Waals surface area (Å²) in [5.74, 6) is 0.639. The van der Waals surface area contributed by atoms with Gasteiger partial charge < -0.3 is 15.4 Å². The summed E-state index contributed by atoms with van der Waals surface area (Å²) in [6.07, 6.45) is 8.42. The van der Waals surface area contributed by atoms with Crippen LogP contribution in [0.4, 0.5) is 5.69 Å². The van der Waals surface area contributed by atoms with Gasteiger partial charge in [-0.05, 0) is 76.6 Å². The maximum absolute atomic E-state index is 13.7. The number of rotatable bonds is 9. The maximum atomic E-state index is 13.7. The van der Waals surface area contributed by atoms with Gasteiger partial charge >= 0.3 is 0 Å². The van der Waals surface area contributed by atoms with Crippen LogP contribution in [0.2, 0.25) is 0 Å². The van der Waals surface area contributed by atoms with Crippen molar-refractivity contribution in [2.75, 3.05) is 24.2 Å². The fraction of sp³-hybridized carbons (Fsp3) is 0.500. The summed E-state index contributed by atoms with van der Waals surface area (Å²) in [7, 11) is 0. The highest BCUT2D eigenvalue weighted by Gasteiger charge is 2.35. The molecule has 3 atom stereocenters. The number of likely N-dealkylation sites (tertiary alicyclic amines) is 1. The van der Waals surface area contributed by atoms with Crippen LogP contribution in [0, 0.1) is 5.41 Å². The summed E-state index contributed by atoms with van der Waals surface area (Å²) in [5.41, 5.74) is 7.85. The molecule has 35 heavy (non-hydrogen) atoms. The number of carbonyl (C=O) groups excluding carboxylic acids is 1. The summed E-state index contributed by atoms with van der Waals surface area (Å²) in [4.78, 5) is 19.3. The zero-order chi connectivity index (χ0) is 24.9. The van der Waals surface area contributed by atoms with Gasteiger partial charge in [0.2, 0.25) is 6.10 Å². The van der Waals surface area contributed by atoms with E-state index in [1.165, 1.54) is 19.3 Å². The van der Waals surface area contributed by atoms with Crippen LogP contribution in [0.3, 0.4) is 0 Å². The second-order valence-corrected chi connectivity index (χ2v) is 10.7. The lowest BCUT2D eigenvalue weighted by Gasteiger charge is -2.39. The average molecular weight is 495 g/mol. The molecule has 4 rings (SSSR count). The molecule has 2 aromatic rings. The number of nitrogen functional groups attached to an aromatic ring is 1. The van der Waals surface area contributed by atoms with Gasteiger partial charge in [-0.15, -0.1) is 11.8 Å². The number of hydrogen-bond acceptors (Lipinski definition) is 5. The smallest absolute Gasteiger partial charge is 0.272 e. The number of carbonyl (C=O) groups is 1. The normalized spacial score (nSPS) is 22.5. The van der Waals surface area contributed by atoms with Crippen molar-refractivity contribution in [3.05, 3.63) is 53.6 Å². The van der Waals surface area contributed by atoms with E-state index in [1.54, 1.807) is 23.9 Å². The van der Waals surface area contributed by atoms with Crippen molar-refractivity contribution in [3.8, 4) is 5.75 Å². The number of ether oxygens (including phenoxy) is 1. The van der Waals surface area contributed by atoms with Crippen molar-refractivity contribution in [3.63, 3.8) is 0 Å². The zero-order valence-corrected chi connectivity index (χ0v) is 21.9. The van der Waals surface area contributed by atoms with Crippen LogP contribution in [0.15, 0.2) is 47.4 Å². The highest BCUT2D eigenvalue weighted by molar-refractivity contribution is 7.98. The SMILES string of the molecule is CSc1ccc2c(c1)N(CCCCCN1[C@H](C)CCC[C@@H]1C)C(=O)C(c1cccc(C(=N)N)c1)O2. The van der Waals surface area contributed by atoms with Crippen molar-refractivity contribution in [2.24, 2.45) is 5.73 Å². The van der Waals surface area contributed by atoms with Gasteiger partial charge in [-0.25, -0.2) is 0 Å². The molecule has 0 saturated carbocycles. The number of hydrogen-bond donors (Lipinski definition) is 2. The molecule has 3 N–H and O–H groups in total. The lowest BCUT2D eigenvalue weighted by Crippen LogP contribution is -2.44. The Kier molecular flexibility index (Phi) is 8.39. The Hall–Kier alpha value is -2.51. The summed E-state index contributed by atoms with van der Waals surface area (Å²) >= 11 is 1.66. The second kappa shape index (κ2) is 11.5. The van der Waals surface area contributed by atoms with Crippen LogP contribution in [-0.2, 0) is 4.79 Å². The van der Waals surface area contributed by atoms with E-state index in [0.29, 0.717) is 24.2 Å². The van der Waals surface area contributed by atoms with Crippen LogP contribution in [0.25, 0.3) is 0 Å². The Morgan fingerprint density at radius 3 is 2.54 bits per heavy atom. The summed E-state index contributed by atoms with van der Waals surface area (Å²) in [5, 5.41) is 7.76. The average Bonchev–Trinajstić information content (AvgIpc) is 2.86. The minimum absolute atomic E-state index is 0.0191. The molecule has 6 nitrogen and oxygen atoms in total. The number of amides is 1. The van der Waals surface area contributed by atoms with Crippen LogP contribution in [0.5, 0.6) is 5.75 Å². The number of anilines is 1. The number of thioether (sulfide) groups is 1. The highest BCUT2D eigenvalue weighted by atomic mass is 32.2. The molecular weight excluding hydrogens is 456 g/mol. The second-order valence-electron chi connectivity index (χ2n) is 9.79. The van der Waals surface area contributed by atoms with Gasteiger partial charge in [0, 0.05) is 34.7 Å².